The molecule has 0 bridgehead atoms. The number of methoxy groups -OCH3 is 1. The summed E-state index contributed by atoms with van der Waals surface area (Å²) in [5.41, 5.74) is 1.78. The molecule has 2 aromatic rings. The quantitative estimate of drug-likeness (QED) is 0.807. The van der Waals surface area contributed by atoms with Crippen molar-refractivity contribution in [2.24, 2.45) is 0 Å². The zero-order chi connectivity index (χ0) is 20.4. The standard InChI is InChI=1S/C20H29N7O2/c1-4-25(2)16-11-17(23-14-22-16)26-9-6-20(7-10-26)19-15(21-13-24-19)5-8-27(20)18(28)12-29-3/h11,13-14H,4-10,12H2,1-3H3,(H,21,24). The van der Waals surface area contributed by atoms with Gasteiger partial charge in [-0.2, -0.15) is 0 Å². The summed E-state index contributed by atoms with van der Waals surface area (Å²) in [5.74, 6) is 1.88. The van der Waals surface area contributed by atoms with Crippen molar-refractivity contribution >= 4 is 17.5 Å². The van der Waals surface area contributed by atoms with Crippen LogP contribution in [0.3, 0.4) is 0 Å². The monoisotopic (exact) mass is 399 g/mol. The maximum absolute atomic E-state index is 12.8. The van der Waals surface area contributed by atoms with E-state index in [1.165, 1.54) is 0 Å². The van der Waals surface area contributed by atoms with E-state index in [1.54, 1.807) is 19.8 Å². The topological polar surface area (TPSA) is 90.5 Å². The SMILES string of the molecule is CCN(C)c1cc(N2CCC3(CC2)c2nc[nH]c2CCN3C(=O)COC)ncn1. The number of H-pyrrole nitrogens is 1. The molecule has 0 aromatic carbocycles. The van der Waals surface area contributed by atoms with Crippen LogP contribution in [0.5, 0.6) is 0 Å². The van der Waals surface area contributed by atoms with Crippen molar-refractivity contribution in [3.05, 3.63) is 30.1 Å². The van der Waals surface area contributed by atoms with Crippen molar-refractivity contribution in [3.63, 3.8) is 0 Å². The highest BCUT2D eigenvalue weighted by Crippen LogP contribution is 2.43. The van der Waals surface area contributed by atoms with Crippen LogP contribution in [0.2, 0.25) is 0 Å². The number of carbonyl (C=O) groups is 1. The van der Waals surface area contributed by atoms with Crippen molar-refractivity contribution in [3.8, 4) is 0 Å². The number of imidazole rings is 1. The molecule has 9 heteroatoms. The third-order valence-electron chi connectivity index (χ3n) is 6.25. The van der Waals surface area contributed by atoms with Crippen LogP contribution < -0.4 is 9.80 Å². The Morgan fingerprint density at radius 3 is 2.79 bits per heavy atom. The molecule has 2 aromatic heterocycles. The molecule has 9 nitrogen and oxygen atoms in total. The van der Waals surface area contributed by atoms with E-state index < -0.39 is 0 Å². The molecule has 4 rings (SSSR count). The Balaban J connectivity index is 1.58. The summed E-state index contributed by atoms with van der Waals surface area (Å²) >= 11 is 0. The Kier molecular flexibility index (Phi) is 5.40. The minimum absolute atomic E-state index is 0.0310. The third-order valence-corrected chi connectivity index (χ3v) is 6.25. The number of ether oxygens (including phenoxy) is 1. The Labute approximate surface area is 171 Å². The van der Waals surface area contributed by atoms with Crippen molar-refractivity contribution in [2.45, 2.75) is 31.7 Å². The predicted molar refractivity (Wildman–Crippen MR) is 110 cm³/mol. The Hall–Kier alpha value is -2.68. The molecule has 2 aliphatic heterocycles. The number of carbonyl (C=O) groups excluding carboxylic acids is 1. The summed E-state index contributed by atoms with van der Waals surface area (Å²) in [4.78, 5) is 36.0. The Morgan fingerprint density at radius 1 is 1.28 bits per heavy atom. The maximum atomic E-state index is 12.8. The lowest BCUT2D eigenvalue weighted by Gasteiger charge is -2.50. The highest BCUT2D eigenvalue weighted by molar-refractivity contribution is 5.79. The van der Waals surface area contributed by atoms with E-state index >= 15 is 0 Å². The number of amides is 1. The van der Waals surface area contributed by atoms with Crippen LogP contribution in [0.25, 0.3) is 0 Å². The fraction of sp³-hybridized carbons (Fsp3) is 0.600. The first kappa shape index (κ1) is 19.6. The number of hydrogen-bond donors (Lipinski definition) is 1. The van der Waals surface area contributed by atoms with Gasteiger partial charge in [0.1, 0.15) is 24.6 Å². The minimum atomic E-state index is -0.379. The maximum Gasteiger partial charge on any atom is 0.249 e. The van der Waals surface area contributed by atoms with Crippen molar-refractivity contribution in [1.29, 1.82) is 0 Å². The van der Waals surface area contributed by atoms with E-state index in [-0.39, 0.29) is 18.1 Å². The highest BCUT2D eigenvalue weighted by Gasteiger charge is 2.48. The number of piperidine rings is 1. The lowest BCUT2D eigenvalue weighted by molar-refractivity contribution is -0.144. The average molecular weight is 399 g/mol. The second kappa shape index (κ2) is 7.98. The van der Waals surface area contributed by atoms with Crippen LogP contribution >= 0.6 is 0 Å². The average Bonchev–Trinajstić information content (AvgIpc) is 3.24. The van der Waals surface area contributed by atoms with Gasteiger partial charge in [-0.25, -0.2) is 15.0 Å². The van der Waals surface area contributed by atoms with Crippen LogP contribution in [0, 0.1) is 0 Å². The van der Waals surface area contributed by atoms with Gasteiger partial charge in [-0.05, 0) is 19.8 Å². The Morgan fingerprint density at radius 2 is 2.07 bits per heavy atom. The summed E-state index contributed by atoms with van der Waals surface area (Å²) in [5, 5.41) is 0. The molecule has 156 valence electrons. The largest absolute Gasteiger partial charge is 0.375 e. The number of hydrogen-bond acceptors (Lipinski definition) is 7. The normalized spacial score (nSPS) is 18.0. The van der Waals surface area contributed by atoms with Crippen LogP contribution in [-0.2, 0) is 21.5 Å². The number of aromatic amines is 1. The first-order chi connectivity index (χ1) is 14.1. The van der Waals surface area contributed by atoms with Gasteiger partial charge in [0.25, 0.3) is 0 Å². The van der Waals surface area contributed by atoms with Gasteiger partial charge in [0.05, 0.1) is 17.6 Å². The number of aromatic nitrogens is 4. The fourth-order valence-electron chi connectivity index (χ4n) is 4.54. The second-order valence-corrected chi connectivity index (χ2v) is 7.73. The molecule has 2 aliphatic rings. The zero-order valence-electron chi connectivity index (χ0n) is 17.4. The number of fused-ring (bicyclic) bond motifs is 2. The molecular weight excluding hydrogens is 370 g/mol. The molecule has 0 aliphatic carbocycles. The van der Waals surface area contributed by atoms with E-state index in [2.05, 4.69) is 36.7 Å². The van der Waals surface area contributed by atoms with Crippen LogP contribution in [0.4, 0.5) is 11.6 Å². The van der Waals surface area contributed by atoms with E-state index in [0.29, 0.717) is 6.54 Å². The lowest BCUT2D eigenvalue weighted by atomic mass is 9.78. The molecule has 1 saturated heterocycles. The van der Waals surface area contributed by atoms with Gasteiger partial charge in [0, 0.05) is 58.5 Å². The molecule has 1 spiro atoms. The molecule has 0 saturated carbocycles. The van der Waals surface area contributed by atoms with E-state index in [1.807, 2.05) is 18.0 Å². The van der Waals surface area contributed by atoms with Gasteiger partial charge >= 0.3 is 0 Å². The summed E-state index contributed by atoms with van der Waals surface area (Å²) < 4.78 is 5.15. The highest BCUT2D eigenvalue weighted by atomic mass is 16.5. The van der Waals surface area contributed by atoms with Gasteiger partial charge < -0.3 is 24.4 Å². The summed E-state index contributed by atoms with van der Waals surface area (Å²) in [6.45, 7) is 5.38. The smallest absolute Gasteiger partial charge is 0.249 e. The number of nitrogens with one attached hydrogen (secondary N) is 1. The van der Waals surface area contributed by atoms with Gasteiger partial charge in [0.15, 0.2) is 0 Å². The van der Waals surface area contributed by atoms with Crippen molar-refractivity contribution < 1.29 is 9.53 Å². The number of anilines is 2. The van der Waals surface area contributed by atoms with Crippen molar-refractivity contribution in [2.75, 3.05) is 56.7 Å². The Bertz CT molecular complexity index is 860. The van der Waals surface area contributed by atoms with E-state index in [0.717, 1.165) is 61.9 Å². The van der Waals surface area contributed by atoms with E-state index in [4.69, 9.17) is 4.74 Å². The summed E-state index contributed by atoms with van der Waals surface area (Å²) in [7, 11) is 3.59. The molecular formula is C20H29N7O2. The molecule has 4 heterocycles. The molecule has 0 atom stereocenters. The number of nitrogens with zero attached hydrogens (tertiary/aromatic N) is 6. The zero-order valence-corrected chi connectivity index (χ0v) is 17.4. The molecule has 1 fully saturated rings. The van der Waals surface area contributed by atoms with Gasteiger partial charge in [-0.1, -0.05) is 0 Å². The van der Waals surface area contributed by atoms with E-state index in [9.17, 15) is 4.79 Å². The molecule has 1 amide bonds. The number of rotatable bonds is 5. The summed E-state index contributed by atoms with van der Waals surface area (Å²) in [6.07, 6.45) is 5.80. The van der Waals surface area contributed by atoms with Crippen LogP contribution in [0.15, 0.2) is 18.7 Å². The first-order valence-corrected chi connectivity index (χ1v) is 10.2. The second-order valence-electron chi connectivity index (χ2n) is 7.73. The van der Waals surface area contributed by atoms with Crippen LogP contribution in [-0.4, -0.2) is 77.7 Å². The minimum Gasteiger partial charge on any atom is -0.375 e. The third kappa shape index (κ3) is 3.43. The van der Waals surface area contributed by atoms with Gasteiger partial charge in [-0.3, -0.25) is 4.79 Å². The first-order valence-electron chi connectivity index (χ1n) is 10.2. The summed E-state index contributed by atoms with van der Waals surface area (Å²) in [6, 6.07) is 2.04. The molecule has 1 N–H and O–H groups in total. The fourth-order valence-corrected chi connectivity index (χ4v) is 4.54. The molecule has 0 unspecified atom stereocenters. The van der Waals surface area contributed by atoms with Crippen LogP contribution in [0.1, 0.15) is 31.2 Å². The molecule has 29 heavy (non-hydrogen) atoms. The predicted octanol–water partition coefficient (Wildman–Crippen LogP) is 1.18. The molecule has 0 radical (unpaired) electrons. The van der Waals surface area contributed by atoms with Gasteiger partial charge in [0.2, 0.25) is 5.91 Å². The lowest BCUT2D eigenvalue weighted by Crippen LogP contribution is -2.59. The van der Waals surface area contributed by atoms with Crippen molar-refractivity contribution in [1.82, 2.24) is 24.8 Å². The van der Waals surface area contributed by atoms with Gasteiger partial charge in [-0.15, -0.1) is 0 Å².